The second-order valence-electron chi connectivity index (χ2n) is 9.02. The fourth-order valence-corrected chi connectivity index (χ4v) is 5.11. The van der Waals surface area contributed by atoms with E-state index in [4.69, 9.17) is 4.42 Å². The van der Waals surface area contributed by atoms with Crippen LogP contribution in [0.4, 0.5) is 0 Å². The van der Waals surface area contributed by atoms with Crippen molar-refractivity contribution in [2.45, 2.75) is 51.7 Å². The molecule has 1 saturated heterocycles. The molecule has 3 aromatic rings. The molecule has 0 radical (unpaired) electrons. The SMILES string of the molecule is CCC(CC)CN1CCC(O)(c2ccc3oc(C(=O)N(C)Cc4cscn4)cc3c2)CC1. The lowest BCUT2D eigenvalue weighted by atomic mass is 9.83. The Hall–Kier alpha value is -2.22. The molecule has 1 amide bonds. The maximum Gasteiger partial charge on any atom is 0.289 e. The lowest BCUT2D eigenvalue weighted by Crippen LogP contribution is -2.44. The number of aliphatic hydroxyl groups is 1. The van der Waals surface area contributed by atoms with E-state index in [0.717, 1.165) is 55.0 Å². The van der Waals surface area contributed by atoms with Gasteiger partial charge in [0.05, 0.1) is 23.4 Å². The number of furan rings is 1. The zero-order chi connectivity index (χ0) is 22.7. The third kappa shape index (κ3) is 4.90. The number of piperidine rings is 1. The fourth-order valence-electron chi connectivity index (χ4n) is 4.56. The number of benzene rings is 1. The van der Waals surface area contributed by atoms with Gasteiger partial charge >= 0.3 is 0 Å². The van der Waals surface area contributed by atoms with Gasteiger partial charge < -0.3 is 19.3 Å². The lowest BCUT2D eigenvalue weighted by molar-refractivity contribution is -0.0289. The molecule has 7 heteroatoms. The number of carbonyl (C=O) groups is 1. The Labute approximate surface area is 193 Å². The predicted molar refractivity (Wildman–Crippen MR) is 128 cm³/mol. The van der Waals surface area contributed by atoms with Crippen molar-refractivity contribution < 1.29 is 14.3 Å². The van der Waals surface area contributed by atoms with Gasteiger partial charge in [0.1, 0.15) is 5.58 Å². The Bertz CT molecular complexity index is 1030. The normalized spacial score (nSPS) is 16.7. The molecule has 1 aliphatic heterocycles. The standard InChI is InChI=1S/C25H33N3O3S/c1-4-18(5-2)14-28-10-8-25(30,9-11-28)20-6-7-22-19(12-20)13-23(31-22)24(29)27(3)15-21-16-32-17-26-21/h6-7,12-13,16-18,30H,4-5,8-11,14-15H2,1-3H3. The summed E-state index contributed by atoms with van der Waals surface area (Å²) in [7, 11) is 1.75. The van der Waals surface area contributed by atoms with Crippen LogP contribution < -0.4 is 0 Å². The van der Waals surface area contributed by atoms with Crippen LogP contribution in [0.1, 0.15) is 61.3 Å². The lowest BCUT2D eigenvalue weighted by Gasteiger charge is -2.39. The van der Waals surface area contributed by atoms with Crippen LogP contribution in [-0.4, -0.2) is 52.5 Å². The van der Waals surface area contributed by atoms with Crippen LogP contribution in [0.2, 0.25) is 0 Å². The molecule has 0 bridgehead atoms. The Morgan fingerprint density at radius 3 is 2.69 bits per heavy atom. The quantitative estimate of drug-likeness (QED) is 0.524. The highest BCUT2D eigenvalue weighted by Gasteiger charge is 2.34. The van der Waals surface area contributed by atoms with Crippen molar-refractivity contribution in [3.05, 3.63) is 52.2 Å². The van der Waals surface area contributed by atoms with E-state index < -0.39 is 5.60 Å². The number of thiazole rings is 1. The summed E-state index contributed by atoms with van der Waals surface area (Å²) in [6.07, 6.45) is 3.85. The molecular formula is C25H33N3O3S. The Morgan fingerprint density at radius 2 is 2.03 bits per heavy atom. The third-order valence-corrected chi connectivity index (χ3v) is 7.48. The summed E-state index contributed by atoms with van der Waals surface area (Å²) in [4.78, 5) is 21.1. The molecule has 1 aromatic carbocycles. The van der Waals surface area contributed by atoms with Crippen molar-refractivity contribution in [3.8, 4) is 0 Å². The van der Waals surface area contributed by atoms with Gasteiger partial charge in [-0.1, -0.05) is 32.8 Å². The summed E-state index contributed by atoms with van der Waals surface area (Å²) in [5.74, 6) is 0.860. The highest BCUT2D eigenvalue weighted by atomic mass is 32.1. The van der Waals surface area contributed by atoms with Crippen LogP contribution in [0.25, 0.3) is 11.0 Å². The summed E-state index contributed by atoms with van der Waals surface area (Å²) in [6, 6.07) is 7.57. The summed E-state index contributed by atoms with van der Waals surface area (Å²) >= 11 is 1.51. The molecule has 172 valence electrons. The maximum atomic E-state index is 12.8. The number of amides is 1. The van der Waals surface area contributed by atoms with Crippen molar-refractivity contribution >= 4 is 28.2 Å². The van der Waals surface area contributed by atoms with Crippen molar-refractivity contribution in [2.75, 3.05) is 26.7 Å². The van der Waals surface area contributed by atoms with Gasteiger partial charge in [-0.2, -0.15) is 0 Å². The average Bonchev–Trinajstić information content (AvgIpc) is 3.47. The molecule has 3 heterocycles. The smallest absolute Gasteiger partial charge is 0.289 e. The van der Waals surface area contributed by atoms with Crippen LogP contribution in [0, 0.1) is 5.92 Å². The second-order valence-corrected chi connectivity index (χ2v) is 9.74. The molecule has 0 atom stereocenters. The summed E-state index contributed by atoms with van der Waals surface area (Å²) in [5, 5.41) is 14.2. The van der Waals surface area contributed by atoms with Gasteiger partial charge in [-0.3, -0.25) is 4.79 Å². The number of nitrogens with zero attached hydrogens (tertiary/aromatic N) is 3. The topological polar surface area (TPSA) is 69.8 Å². The van der Waals surface area contributed by atoms with E-state index in [2.05, 4.69) is 23.7 Å². The van der Waals surface area contributed by atoms with Gasteiger partial charge in [0.25, 0.3) is 5.91 Å². The zero-order valence-electron chi connectivity index (χ0n) is 19.2. The van der Waals surface area contributed by atoms with E-state index in [1.54, 1.807) is 23.5 Å². The molecular weight excluding hydrogens is 422 g/mol. The molecule has 1 fully saturated rings. The monoisotopic (exact) mass is 455 g/mol. The van der Waals surface area contributed by atoms with E-state index in [1.807, 2.05) is 23.6 Å². The molecule has 0 saturated carbocycles. The second kappa shape index (κ2) is 9.73. The first-order valence-electron chi connectivity index (χ1n) is 11.5. The maximum absolute atomic E-state index is 12.8. The number of hydrogen-bond donors (Lipinski definition) is 1. The van der Waals surface area contributed by atoms with Gasteiger partial charge in [0, 0.05) is 37.4 Å². The average molecular weight is 456 g/mol. The molecule has 0 unspecified atom stereocenters. The van der Waals surface area contributed by atoms with Crippen LogP contribution in [0.15, 0.2) is 39.6 Å². The van der Waals surface area contributed by atoms with E-state index in [9.17, 15) is 9.90 Å². The largest absolute Gasteiger partial charge is 0.451 e. The number of aromatic nitrogens is 1. The molecule has 32 heavy (non-hydrogen) atoms. The first kappa shape index (κ1) is 23.0. The summed E-state index contributed by atoms with van der Waals surface area (Å²) < 4.78 is 5.83. The fraction of sp³-hybridized carbons (Fsp3) is 0.520. The first-order valence-corrected chi connectivity index (χ1v) is 12.5. The van der Waals surface area contributed by atoms with Crippen LogP contribution in [-0.2, 0) is 12.1 Å². The van der Waals surface area contributed by atoms with E-state index >= 15 is 0 Å². The highest BCUT2D eigenvalue weighted by Crippen LogP contribution is 2.35. The van der Waals surface area contributed by atoms with Gasteiger partial charge in [-0.15, -0.1) is 11.3 Å². The molecule has 0 spiro atoms. The van der Waals surface area contributed by atoms with Gasteiger partial charge in [0.2, 0.25) is 0 Å². The van der Waals surface area contributed by atoms with Crippen molar-refractivity contribution in [3.63, 3.8) is 0 Å². The van der Waals surface area contributed by atoms with Gasteiger partial charge in [-0.25, -0.2) is 4.98 Å². The minimum absolute atomic E-state index is 0.177. The van der Waals surface area contributed by atoms with E-state index in [-0.39, 0.29) is 5.91 Å². The number of fused-ring (bicyclic) bond motifs is 1. The molecule has 6 nitrogen and oxygen atoms in total. The van der Waals surface area contributed by atoms with E-state index in [0.29, 0.717) is 17.9 Å². The van der Waals surface area contributed by atoms with E-state index in [1.165, 1.54) is 24.2 Å². The van der Waals surface area contributed by atoms with Crippen LogP contribution >= 0.6 is 11.3 Å². The predicted octanol–water partition coefficient (Wildman–Crippen LogP) is 4.88. The Balaban J connectivity index is 1.45. The van der Waals surface area contributed by atoms with Crippen molar-refractivity contribution in [1.29, 1.82) is 0 Å². The minimum Gasteiger partial charge on any atom is -0.451 e. The minimum atomic E-state index is -0.832. The number of hydrogen-bond acceptors (Lipinski definition) is 6. The van der Waals surface area contributed by atoms with Crippen molar-refractivity contribution in [1.82, 2.24) is 14.8 Å². The molecule has 0 aliphatic carbocycles. The third-order valence-electron chi connectivity index (χ3n) is 6.85. The Morgan fingerprint density at radius 1 is 1.28 bits per heavy atom. The Kier molecular flexibility index (Phi) is 6.98. The molecule has 4 rings (SSSR count). The number of rotatable bonds is 8. The van der Waals surface area contributed by atoms with Crippen LogP contribution in [0.5, 0.6) is 0 Å². The molecule has 1 N–H and O–H groups in total. The number of carbonyl (C=O) groups excluding carboxylic acids is 1. The zero-order valence-corrected chi connectivity index (χ0v) is 20.0. The first-order chi connectivity index (χ1) is 15.4. The van der Waals surface area contributed by atoms with Gasteiger partial charge in [0.15, 0.2) is 5.76 Å². The van der Waals surface area contributed by atoms with Crippen LogP contribution in [0.3, 0.4) is 0 Å². The molecule has 1 aliphatic rings. The van der Waals surface area contributed by atoms with Crippen molar-refractivity contribution in [2.24, 2.45) is 5.92 Å². The molecule has 2 aromatic heterocycles. The number of likely N-dealkylation sites (tertiary alicyclic amines) is 1. The summed E-state index contributed by atoms with van der Waals surface area (Å²) in [5.41, 5.74) is 3.36. The highest BCUT2D eigenvalue weighted by molar-refractivity contribution is 7.07. The summed E-state index contributed by atoms with van der Waals surface area (Å²) in [6.45, 7) is 7.87. The van der Waals surface area contributed by atoms with Gasteiger partial charge in [-0.05, 0) is 42.5 Å².